The number of fused-ring (bicyclic) bond motifs is 4. The normalized spacial score (nSPS) is 28.6. The molecular formula is C27H38N2O5. The number of aliphatic hydroxyl groups is 1. The summed E-state index contributed by atoms with van der Waals surface area (Å²) in [6, 6.07) is 6.20. The number of benzene rings is 1. The Balaban J connectivity index is 1.44. The summed E-state index contributed by atoms with van der Waals surface area (Å²) in [7, 11) is 0. The minimum Gasteiger partial charge on any atom is -0.464 e. The quantitative estimate of drug-likeness (QED) is 0.561. The van der Waals surface area contributed by atoms with Crippen LogP contribution in [0.1, 0.15) is 71.4 Å². The number of aliphatic hydroxyl groups excluding tert-OH is 1. The first-order valence-electron chi connectivity index (χ1n) is 12.4. The van der Waals surface area contributed by atoms with Crippen LogP contribution in [0.25, 0.3) is 11.0 Å². The molecule has 0 unspecified atom stereocenters. The second-order valence-corrected chi connectivity index (χ2v) is 11.4. The molecule has 0 spiro atoms. The lowest BCUT2D eigenvalue weighted by Crippen LogP contribution is -2.60. The Labute approximate surface area is 201 Å². The third kappa shape index (κ3) is 4.54. The van der Waals surface area contributed by atoms with E-state index in [1.165, 1.54) is 5.56 Å². The van der Waals surface area contributed by atoms with Crippen LogP contribution in [0.2, 0.25) is 0 Å². The van der Waals surface area contributed by atoms with Crippen LogP contribution < -0.4 is 10.6 Å². The van der Waals surface area contributed by atoms with Crippen molar-refractivity contribution >= 4 is 23.0 Å². The Kier molecular flexibility index (Phi) is 6.44. The molecule has 2 amide bonds. The Hall–Kier alpha value is -2.54. The lowest BCUT2D eigenvalue weighted by Gasteiger charge is -2.56. The van der Waals surface area contributed by atoms with Gasteiger partial charge in [0.25, 0.3) is 0 Å². The van der Waals surface area contributed by atoms with Crippen LogP contribution in [0.3, 0.4) is 0 Å². The average Bonchev–Trinajstić information content (AvgIpc) is 3.18. The molecule has 0 radical (unpaired) electrons. The highest BCUT2D eigenvalue weighted by molar-refractivity contribution is 5.84. The van der Waals surface area contributed by atoms with Crippen molar-refractivity contribution in [2.75, 3.05) is 13.1 Å². The third-order valence-corrected chi connectivity index (χ3v) is 7.70. The van der Waals surface area contributed by atoms with E-state index in [4.69, 9.17) is 9.15 Å². The zero-order valence-corrected chi connectivity index (χ0v) is 21.0. The minimum absolute atomic E-state index is 0.0257. The molecule has 186 valence electrons. The monoisotopic (exact) mass is 470 g/mol. The summed E-state index contributed by atoms with van der Waals surface area (Å²) in [5, 5.41) is 18.2. The molecule has 1 aromatic heterocycles. The summed E-state index contributed by atoms with van der Waals surface area (Å²) < 4.78 is 10.9. The predicted molar refractivity (Wildman–Crippen MR) is 131 cm³/mol. The maximum absolute atomic E-state index is 13.5. The minimum atomic E-state index is -0.680. The fourth-order valence-corrected chi connectivity index (χ4v) is 6.34. The summed E-state index contributed by atoms with van der Waals surface area (Å²) in [6.07, 6.45) is 4.38. The summed E-state index contributed by atoms with van der Waals surface area (Å²) in [6.45, 7) is 10.5. The van der Waals surface area contributed by atoms with Gasteiger partial charge in [-0.05, 0) is 81.2 Å². The van der Waals surface area contributed by atoms with Crippen molar-refractivity contribution in [3.05, 3.63) is 35.6 Å². The molecule has 4 atom stereocenters. The van der Waals surface area contributed by atoms with Gasteiger partial charge in [-0.1, -0.05) is 20.3 Å². The predicted octanol–water partition coefficient (Wildman–Crippen LogP) is 4.44. The highest BCUT2D eigenvalue weighted by atomic mass is 16.6. The molecule has 4 rings (SSSR count). The topological polar surface area (TPSA) is 101 Å². The summed E-state index contributed by atoms with van der Waals surface area (Å²) in [5.74, 6) is -0.212. The van der Waals surface area contributed by atoms with Gasteiger partial charge < -0.3 is 24.9 Å². The highest BCUT2D eigenvalue weighted by Gasteiger charge is 2.58. The van der Waals surface area contributed by atoms with Gasteiger partial charge in [-0.15, -0.1) is 0 Å². The zero-order chi connectivity index (χ0) is 24.7. The number of carbonyl (C=O) groups is 2. The first kappa shape index (κ1) is 24.6. The first-order chi connectivity index (χ1) is 15.9. The van der Waals surface area contributed by atoms with Gasteiger partial charge in [-0.25, -0.2) is 4.79 Å². The molecule has 2 aromatic rings. The van der Waals surface area contributed by atoms with Crippen LogP contribution in [0.5, 0.6) is 0 Å². The zero-order valence-electron chi connectivity index (χ0n) is 21.0. The molecular weight excluding hydrogens is 432 g/mol. The number of nitrogens with one attached hydrogen (secondary N) is 2. The van der Waals surface area contributed by atoms with Crippen LogP contribution in [0.15, 0.2) is 28.9 Å². The molecule has 2 aliphatic rings. The summed E-state index contributed by atoms with van der Waals surface area (Å²) >= 11 is 0. The van der Waals surface area contributed by atoms with Gasteiger partial charge in [0.15, 0.2) is 0 Å². The van der Waals surface area contributed by atoms with Crippen LogP contribution in [-0.2, 0) is 21.4 Å². The van der Waals surface area contributed by atoms with E-state index < -0.39 is 23.2 Å². The molecule has 7 heteroatoms. The molecule has 1 aromatic carbocycles. The number of carbonyl (C=O) groups excluding carboxylic acids is 2. The molecule has 1 heterocycles. The Morgan fingerprint density at radius 2 is 1.91 bits per heavy atom. The maximum Gasteiger partial charge on any atom is 0.407 e. The second-order valence-electron chi connectivity index (χ2n) is 11.4. The Morgan fingerprint density at radius 1 is 1.18 bits per heavy atom. The number of amides is 2. The van der Waals surface area contributed by atoms with Crippen LogP contribution in [0.4, 0.5) is 4.79 Å². The van der Waals surface area contributed by atoms with Gasteiger partial charge in [0, 0.05) is 24.4 Å². The van der Waals surface area contributed by atoms with Gasteiger partial charge in [0.1, 0.15) is 11.2 Å². The fraction of sp³-hybridized carbons (Fsp3) is 0.630. The summed E-state index contributed by atoms with van der Waals surface area (Å²) in [5.41, 5.74) is 1.67. The van der Waals surface area contributed by atoms with E-state index in [2.05, 4.69) is 29.7 Å². The largest absolute Gasteiger partial charge is 0.464 e. The Bertz CT molecular complexity index is 1070. The number of furan rings is 1. The van der Waals surface area contributed by atoms with Crippen LogP contribution in [0, 0.1) is 11.3 Å². The van der Waals surface area contributed by atoms with E-state index in [1.54, 1.807) is 6.26 Å². The first-order valence-corrected chi connectivity index (χ1v) is 12.4. The molecule has 34 heavy (non-hydrogen) atoms. The number of hydrogen-bond donors (Lipinski definition) is 3. The number of hydrogen-bond acceptors (Lipinski definition) is 5. The lowest BCUT2D eigenvalue weighted by molar-refractivity contribution is -0.145. The highest BCUT2D eigenvalue weighted by Crippen LogP contribution is 2.57. The molecule has 3 N–H and O–H groups in total. The second kappa shape index (κ2) is 8.91. The van der Waals surface area contributed by atoms with Crippen LogP contribution >= 0.6 is 0 Å². The van der Waals surface area contributed by atoms with Crippen molar-refractivity contribution < 1.29 is 23.8 Å². The van der Waals surface area contributed by atoms with Gasteiger partial charge >= 0.3 is 6.09 Å². The van der Waals surface area contributed by atoms with E-state index in [0.717, 1.165) is 35.8 Å². The van der Waals surface area contributed by atoms with Crippen molar-refractivity contribution in [1.29, 1.82) is 0 Å². The smallest absolute Gasteiger partial charge is 0.407 e. The molecule has 1 saturated carbocycles. The standard InChI is InChI=1S/C27H38N2O5/c1-25(2,3)34-24(32)29-12-7-11-28-23(31)27(5)10-6-9-26(4)19-16-21-17(8-13-33-21)14-18(19)15-20(30)22(26)27/h8,13-14,16,20,22,30H,6-7,9-12,15H2,1-5H3,(H,28,31)(H,29,32)/t20-,22-,26-,27-/m1/s1. The van der Waals surface area contributed by atoms with Gasteiger partial charge in [0.2, 0.25) is 5.91 Å². The van der Waals surface area contributed by atoms with E-state index >= 15 is 0 Å². The van der Waals surface area contributed by atoms with E-state index in [-0.39, 0.29) is 17.2 Å². The van der Waals surface area contributed by atoms with Crippen molar-refractivity contribution in [3.63, 3.8) is 0 Å². The third-order valence-electron chi connectivity index (χ3n) is 7.70. The summed E-state index contributed by atoms with van der Waals surface area (Å²) in [4.78, 5) is 25.3. The van der Waals surface area contributed by atoms with Gasteiger partial charge in [0.05, 0.1) is 17.8 Å². The molecule has 2 aliphatic carbocycles. The fourth-order valence-electron chi connectivity index (χ4n) is 6.34. The van der Waals surface area contributed by atoms with E-state index in [1.807, 2.05) is 33.8 Å². The number of alkyl carbamates (subject to hydrolysis) is 1. The number of rotatable bonds is 5. The molecule has 7 nitrogen and oxygen atoms in total. The molecule has 0 saturated heterocycles. The van der Waals surface area contributed by atoms with Crippen molar-refractivity contribution in [2.24, 2.45) is 11.3 Å². The molecule has 0 aliphatic heterocycles. The van der Waals surface area contributed by atoms with Gasteiger partial charge in [-0.3, -0.25) is 4.79 Å². The lowest BCUT2D eigenvalue weighted by atomic mass is 9.48. The van der Waals surface area contributed by atoms with Crippen molar-refractivity contribution in [2.45, 2.75) is 83.8 Å². The average molecular weight is 471 g/mol. The molecule has 1 fully saturated rings. The Morgan fingerprint density at radius 3 is 2.65 bits per heavy atom. The van der Waals surface area contributed by atoms with E-state index in [9.17, 15) is 14.7 Å². The van der Waals surface area contributed by atoms with Crippen molar-refractivity contribution in [1.82, 2.24) is 10.6 Å². The maximum atomic E-state index is 13.5. The SMILES string of the molecule is CC(C)(C)OC(=O)NCCCNC(=O)[C@]1(C)CCC[C@]2(C)c3cc4occc4cc3C[C@@H](O)[C@@H]12. The number of ether oxygens (including phenoxy) is 1. The van der Waals surface area contributed by atoms with Crippen LogP contribution in [-0.4, -0.2) is 41.9 Å². The van der Waals surface area contributed by atoms with E-state index in [0.29, 0.717) is 25.9 Å². The van der Waals surface area contributed by atoms with Crippen molar-refractivity contribution in [3.8, 4) is 0 Å². The molecule has 0 bridgehead atoms. The van der Waals surface area contributed by atoms with Gasteiger partial charge in [-0.2, -0.15) is 0 Å².